The highest BCUT2D eigenvalue weighted by atomic mass is 16.5. The van der Waals surface area contributed by atoms with Gasteiger partial charge in [-0.05, 0) is 62.4 Å². The standard InChI is InChI=1S/C12H12N4O3.C11H10N4O3/c1-7-10(17)14-12(16-15-7)13-9-5-3-8(4-6-9)11(18)19-2;1-6-9(16)13-11(15-14-6)12-8-4-2-7(3-5-8)10(17)18/h3-6H,1-2H3,(H2,13,14,16,17);2-5H,1H3,(H,17,18)(H2,12,13,15,16). The van der Waals surface area contributed by atoms with Crippen LogP contribution in [0.2, 0.25) is 0 Å². The largest absolute Gasteiger partial charge is 0.478 e. The van der Waals surface area contributed by atoms with Crippen LogP contribution in [0.3, 0.4) is 0 Å². The highest BCUT2D eigenvalue weighted by molar-refractivity contribution is 5.89. The predicted octanol–water partition coefficient (Wildman–Crippen LogP) is 1.92. The van der Waals surface area contributed by atoms with E-state index < -0.39 is 11.9 Å². The number of carboxylic acid groups (broad SMARTS) is 1. The number of hydrogen-bond donors (Lipinski definition) is 5. The van der Waals surface area contributed by atoms with Crippen molar-refractivity contribution >= 4 is 35.2 Å². The van der Waals surface area contributed by atoms with Crippen molar-refractivity contribution in [1.82, 2.24) is 30.4 Å². The van der Waals surface area contributed by atoms with Gasteiger partial charge in [-0.1, -0.05) is 0 Å². The zero-order chi connectivity index (χ0) is 26.9. The molecule has 2 heterocycles. The number of nitrogens with one attached hydrogen (secondary N) is 4. The Balaban J connectivity index is 0.000000206. The van der Waals surface area contributed by atoms with Crippen LogP contribution in [0.4, 0.5) is 23.3 Å². The molecule has 14 nitrogen and oxygen atoms in total. The maximum absolute atomic E-state index is 11.4. The first-order valence-electron chi connectivity index (χ1n) is 10.6. The molecule has 4 aromatic rings. The number of aryl methyl sites for hydroxylation is 2. The molecular formula is C23H22N8O6. The van der Waals surface area contributed by atoms with Gasteiger partial charge in [0.25, 0.3) is 11.1 Å². The molecule has 2 aromatic heterocycles. The molecule has 2 aromatic carbocycles. The van der Waals surface area contributed by atoms with E-state index in [-0.39, 0.29) is 34.3 Å². The third kappa shape index (κ3) is 7.29. The first-order valence-corrected chi connectivity index (χ1v) is 10.6. The molecule has 0 spiro atoms. The topological polar surface area (TPSA) is 205 Å². The van der Waals surface area contributed by atoms with Crippen LogP contribution in [0.25, 0.3) is 0 Å². The molecule has 0 radical (unpaired) electrons. The summed E-state index contributed by atoms with van der Waals surface area (Å²) in [5.74, 6) is -0.963. The number of aromatic carboxylic acids is 1. The van der Waals surface area contributed by atoms with Gasteiger partial charge in [0.05, 0.1) is 18.2 Å². The van der Waals surface area contributed by atoms with Crippen molar-refractivity contribution in [2.45, 2.75) is 13.8 Å². The van der Waals surface area contributed by atoms with Gasteiger partial charge in [0.2, 0.25) is 11.9 Å². The number of carboxylic acids is 1. The molecule has 0 aliphatic heterocycles. The van der Waals surface area contributed by atoms with Gasteiger partial charge >= 0.3 is 11.9 Å². The molecule has 0 aliphatic rings. The van der Waals surface area contributed by atoms with Gasteiger partial charge in [0.1, 0.15) is 11.4 Å². The minimum atomic E-state index is -0.995. The van der Waals surface area contributed by atoms with Crippen LogP contribution in [-0.2, 0) is 4.74 Å². The fraction of sp³-hybridized carbons (Fsp3) is 0.130. The minimum Gasteiger partial charge on any atom is -0.478 e. The van der Waals surface area contributed by atoms with Crippen LogP contribution in [0.5, 0.6) is 0 Å². The third-order valence-corrected chi connectivity index (χ3v) is 4.68. The predicted molar refractivity (Wildman–Crippen MR) is 133 cm³/mol. The number of aromatic amines is 2. The molecule has 37 heavy (non-hydrogen) atoms. The van der Waals surface area contributed by atoms with Crippen LogP contribution in [-0.4, -0.2) is 54.5 Å². The number of ether oxygens (including phenoxy) is 1. The van der Waals surface area contributed by atoms with Gasteiger partial charge in [-0.2, -0.15) is 0 Å². The fourth-order valence-corrected chi connectivity index (χ4v) is 2.68. The molecule has 0 fully saturated rings. The molecule has 0 amide bonds. The summed E-state index contributed by atoms with van der Waals surface area (Å²) in [6.45, 7) is 3.12. The van der Waals surface area contributed by atoms with E-state index in [0.29, 0.717) is 22.6 Å². The zero-order valence-corrected chi connectivity index (χ0v) is 19.9. The molecular weight excluding hydrogens is 484 g/mol. The van der Waals surface area contributed by atoms with Crippen LogP contribution < -0.4 is 21.8 Å². The van der Waals surface area contributed by atoms with E-state index in [1.54, 1.807) is 50.2 Å². The van der Waals surface area contributed by atoms with Crippen LogP contribution in [0, 0.1) is 13.8 Å². The second-order valence-electron chi connectivity index (χ2n) is 7.38. The molecule has 5 N–H and O–H groups in total. The van der Waals surface area contributed by atoms with Crippen LogP contribution >= 0.6 is 0 Å². The average Bonchev–Trinajstić information content (AvgIpc) is 2.89. The van der Waals surface area contributed by atoms with Crippen molar-refractivity contribution in [2.75, 3.05) is 17.7 Å². The zero-order valence-electron chi connectivity index (χ0n) is 19.9. The molecule has 0 saturated heterocycles. The average molecular weight is 506 g/mol. The van der Waals surface area contributed by atoms with E-state index in [9.17, 15) is 19.2 Å². The van der Waals surface area contributed by atoms with Crippen LogP contribution in [0.1, 0.15) is 32.1 Å². The van der Waals surface area contributed by atoms with Crippen molar-refractivity contribution in [3.8, 4) is 0 Å². The fourth-order valence-electron chi connectivity index (χ4n) is 2.68. The Morgan fingerprint density at radius 3 is 1.49 bits per heavy atom. The second kappa shape index (κ2) is 11.8. The summed E-state index contributed by atoms with van der Waals surface area (Å²) in [6.07, 6.45) is 0. The highest BCUT2D eigenvalue weighted by Gasteiger charge is 2.06. The van der Waals surface area contributed by atoms with E-state index in [2.05, 4.69) is 45.7 Å². The highest BCUT2D eigenvalue weighted by Crippen LogP contribution is 2.14. The van der Waals surface area contributed by atoms with Gasteiger partial charge in [0, 0.05) is 11.4 Å². The number of benzene rings is 2. The Morgan fingerprint density at radius 2 is 1.14 bits per heavy atom. The van der Waals surface area contributed by atoms with E-state index in [1.807, 2.05) is 0 Å². The quantitative estimate of drug-likeness (QED) is 0.238. The number of anilines is 4. The monoisotopic (exact) mass is 506 g/mol. The lowest BCUT2D eigenvalue weighted by molar-refractivity contribution is 0.0600. The number of hydrogen-bond acceptors (Lipinski definition) is 11. The van der Waals surface area contributed by atoms with Crippen molar-refractivity contribution in [2.24, 2.45) is 0 Å². The number of esters is 1. The lowest BCUT2D eigenvalue weighted by Crippen LogP contribution is -2.15. The summed E-state index contributed by atoms with van der Waals surface area (Å²) in [6, 6.07) is 12.6. The third-order valence-electron chi connectivity index (χ3n) is 4.68. The summed E-state index contributed by atoms with van der Waals surface area (Å²) in [5, 5.41) is 29.4. The van der Waals surface area contributed by atoms with Crippen molar-refractivity contribution in [3.05, 3.63) is 91.8 Å². The Bertz CT molecular complexity index is 1510. The number of aromatic nitrogens is 6. The maximum Gasteiger partial charge on any atom is 0.337 e. The van der Waals surface area contributed by atoms with Crippen molar-refractivity contribution < 1.29 is 19.4 Å². The van der Waals surface area contributed by atoms with Crippen molar-refractivity contribution in [3.63, 3.8) is 0 Å². The first-order chi connectivity index (χ1) is 17.7. The summed E-state index contributed by atoms with van der Waals surface area (Å²) >= 11 is 0. The molecule has 0 atom stereocenters. The van der Waals surface area contributed by atoms with Gasteiger partial charge < -0.3 is 20.5 Å². The number of methoxy groups -OCH3 is 1. The van der Waals surface area contributed by atoms with E-state index in [1.165, 1.54) is 19.2 Å². The number of H-pyrrole nitrogens is 2. The molecule has 0 saturated carbocycles. The van der Waals surface area contributed by atoms with Crippen molar-refractivity contribution in [1.29, 1.82) is 0 Å². The smallest absolute Gasteiger partial charge is 0.337 e. The molecule has 0 aliphatic carbocycles. The maximum atomic E-state index is 11.4. The van der Waals surface area contributed by atoms with Gasteiger partial charge in [-0.25, -0.2) is 9.59 Å². The summed E-state index contributed by atoms with van der Waals surface area (Å²) in [5.41, 5.74) is 1.85. The molecule has 0 bridgehead atoms. The lowest BCUT2D eigenvalue weighted by atomic mass is 10.2. The van der Waals surface area contributed by atoms with Gasteiger partial charge in [-0.3, -0.25) is 19.6 Å². The Hall–Kier alpha value is -5.40. The number of nitrogens with zero attached hydrogens (tertiary/aromatic N) is 4. The Kier molecular flexibility index (Phi) is 8.38. The normalized spacial score (nSPS) is 10.0. The number of carbonyl (C=O) groups is 2. The lowest BCUT2D eigenvalue weighted by Gasteiger charge is -2.05. The Labute approximate surface area is 208 Å². The van der Waals surface area contributed by atoms with Gasteiger partial charge in [0.15, 0.2) is 0 Å². The summed E-state index contributed by atoms with van der Waals surface area (Å²) in [4.78, 5) is 49.6. The molecule has 190 valence electrons. The van der Waals surface area contributed by atoms with Gasteiger partial charge in [-0.15, -0.1) is 20.4 Å². The minimum absolute atomic E-state index is 0.184. The van der Waals surface area contributed by atoms with E-state index in [0.717, 1.165) is 0 Å². The number of carbonyl (C=O) groups excluding carboxylic acids is 1. The first kappa shape index (κ1) is 26.2. The molecule has 0 unspecified atom stereocenters. The second-order valence-corrected chi connectivity index (χ2v) is 7.38. The molecule has 4 rings (SSSR count). The number of rotatable bonds is 6. The van der Waals surface area contributed by atoms with E-state index >= 15 is 0 Å². The SMILES string of the molecule is COC(=O)c1ccc(Nc2nnc(C)c(=O)[nH]2)cc1.Cc1nnc(Nc2ccc(C(=O)O)cc2)[nH]c1=O. The van der Waals surface area contributed by atoms with E-state index in [4.69, 9.17) is 5.11 Å². The summed E-state index contributed by atoms with van der Waals surface area (Å²) in [7, 11) is 1.32. The molecule has 14 heteroatoms. The van der Waals surface area contributed by atoms with Crippen LogP contribution in [0.15, 0.2) is 58.1 Å². The Morgan fingerprint density at radius 1 is 0.730 bits per heavy atom. The summed E-state index contributed by atoms with van der Waals surface area (Å²) < 4.78 is 4.59.